The van der Waals surface area contributed by atoms with Crippen molar-refractivity contribution in [3.8, 4) is 16.9 Å². The van der Waals surface area contributed by atoms with Crippen LogP contribution in [0.2, 0.25) is 0 Å². The van der Waals surface area contributed by atoms with Crippen molar-refractivity contribution in [1.82, 2.24) is 0 Å². The fourth-order valence-electron chi connectivity index (χ4n) is 1.89. The first-order valence-electron chi connectivity index (χ1n) is 6.22. The zero-order valence-corrected chi connectivity index (χ0v) is 12.2. The van der Waals surface area contributed by atoms with Gasteiger partial charge in [-0.2, -0.15) is 13.2 Å². The first-order chi connectivity index (χ1) is 9.91. The summed E-state index contributed by atoms with van der Waals surface area (Å²) >= 11 is 0. The molecule has 0 amide bonds. The topological polar surface area (TPSA) is 35.2 Å². The lowest BCUT2D eigenvalue weighted by Gasteiger charge is -2.15. The molecule has 0 atom stereocenters. The second-order valence-corrected chi connectivity index (χ2v) is 4.36. The Morgan fingerprint density at radius 3 is 2.27 bits per heavy atom. The Balaban J connectivity index is 0.00000242. The molecule has 2 aromatic carbocycles. The Hall–Kier alpha value is -1.79. The van der Waals surface area contributed by atoms with Crippen molar-refractivity contribution in [2.75, 3.05) is 13.2 Å². The third-order valence-corrected chi connectivity index (χ3v) is 2.82. The van der Waals surface area contributed by atoms with E-state index >= 15 is 0 Å². The summed E-state index contributed by atoms with van der Waals surface area (Å²) in [5.41, 5.74) is 4.95. The minimum atomic E-state index is -4.56. The maximum absolute atomic E-state index is 13.2. The van der Waals surface area contributed by atoms with E-state index in [0.29, 0.717) is 5.56 Å². The van der Waals surface area contributed by atoms with E-state index in [2.05, 4.69) is 0 Å². The largest absolute Gasteiger partial charge is 0.492 e. The molecule has 0 aromatic heterocycles. The van der Waals surface area contributed by atoms with Crippen LogP contribution in [0.5, 0.6) is 5.75 Å². The Labute approximate surface area is 131 Å². The van der Waals surface area contributed by atoms with Gasteiger partial charge in [0.1, 0.15) is 18.2 Å². The van der Waals surface area contributed by atoms with Crippen molar-refractivity contribution in [2.45, 2.75) is 6.18 Å². The highest BCUT2D eigenvalue weighted by Crippen LogP contribution is 2.38. The van der Waals surface area contributed by atoms with Gasteiger partial charge < -0.3 is 10.5 Å². The van der Waals surface area contributed by atoms with E-state index < -0.39 is 17.6 Å². The molecule has 0 aliphatic carbocycles. The summed E-state index contributed by atoms with van der Waals surface area (Å²) in [5.74, 6) is -0.794. The average molecular weight is 336 g/mol. The predicted octanol–water partition coefficient (Wildman–Crippen LogP) is 4.27. The van der Waals surface area contributed by atoms with Gasteiger partial charge in [-0.1, -0.05) is 18.2 Å². The minimum Gasteiger partial charge on any atom is -0.492 e. The molecule has 0 unspecified atom stereocenters. The molecular weight excluding hydrogens is 322 g/mol. The van der Waals surface area contributed by atoms with Gasteiger partial charge >= 0.3 is 6.18 Å². The van der Waals surface area contributed by atoms with Crippen molar-refractivity contribution in [3.63, 3.8) is 0 Å². The summed E-state index contributed by atoms with van der Waals surface area (Å²) in [5, 5.41) is 0. The number of alkyl halides is 3. The molecule has 0 saturated heterocycles. The van der Waals surface area contributed by atoms with Crippen LogP contribution in [-0.4, -0.2) is 13.2 Å². The first-order valence-corrected chi connectivity index (χ1v) is 6.22. The Kier molecular flexibility index (Phi) is 6.20. The Morgan fingerprint density at radius 1 is 1.00 bits per heavy atom. The minimum absolute atomic E-state index is 0. The normalized spacial score (nSPS) is 11.0. The molecule has 2 aromatic rings. The summed E-state index contributed by atoms with van der Waals surface area (Å²) < 4.78 is 57.4. The number of nitrogens with two attached hydrogens (primary N) is 1. The van der Waals surface area contributed by atoms with Crippen molar-refractivity contribution in [2.24, 2.45) is 5.73 Å². The highest BCUT2D eigenvalue weighted by atomic mass is 35.5. The summed E-state index contributed by atoms with van der Waals surface area (Å²) in [6.07, 6.45) is -4.56. The predicted molar refractivity (Wildman–Crippen MR) is 78.6 cm³/mol. The van der Waals surface area contributed by atoms with Gasteiger partial charge in [-0.25, -0.2) is 4.39 Å². The third-order valence-electron chi connectivity index (χ3n) is 2.82. The van der Waals surface area contributed by atoms with E-state index in [0.717, 1.165) is 6.07 Å². The van der Waals surface area contributed by atoms with Crippen LogP contribution in [0.25, 0.3) is 11.1 Å². The Morgan fingerprint density at radius 2 is 1.68 bits per heavy atom. The second-order valence-electron chi connectivity index (χ2n) is 4.36. The van der Waals surface area contributed by atoms with E-state index in [4.69, 9.17) is 10.5 Å². The fraction of sp³-hybridized carbons (Fsp3) is 0.200. The molecule has 22 heavy (non-hydrogen) atoms. The van der Waals surface area contributed by atoms with E-state index in [-0.39, 0.29) is 36.9 Å². The molecule has 0 radical (unpaired) electrons. The van der Waals surface area contributed by atoms with Crippen LogP contribution >= 0.6 is 12.4 Å². The molecule has 120 valence electrons. The summed E-state index contributed by atoms with van der Waals surface area (Å²) in [6, 6.07) is 9.01. The van der Waals surface area contributed by atoms with Gasteiger partial charge in [0.2, 0.25) is 0 Å². The number of halogens is 5. The number of ether oxygens (including phenoxy) is 1. The molecule has 0 aliphatic heterocycles. The van der Waals surface area contributed by atoms with Gasteiger partial charge in [-0.05, 0) is 35.4 Å². The number of hydrogen-bond acceptors (Lipinski definition) is 2. The third kappa shape index (κ3) is 4.35. The van der Waals surface area contributed by atoms with Crippen LogP contribution < -0.4 is 10.5 Å². The zero-order chi connectivity index (χ0) is 15.5. The standard InChI is InChI=1S/C15H13F4NO.ClH/c16-12-3-1-2-10(8-12)11-4-5-14(21-7-6-20)13(9-11)15(17,18)19;/h1-5,8-9H,6-7,20H2;1H. The van der Waals surface area contributed by atoms with Crippen LogP contribution in [0, 0.1) is 5.82 Å². The molecule has 0 heterocycles. The van der Waals surface area contributed by atoms with Gasteiger partial charge in [0.05, 0.1) is 5.56 Å². The lowest BCUT2D eigenvalue weighted by atomic mass is 10.0. The van der Waals surface area contributed by atoms with Gasteiger partial charge in [-0.15, -0.1) is 12.4 Å². The van der Waals surface area contributed by atoms with E-state index in [9.17, 15) is 17.6 Å². The maximum Gasteiger partial charge on any atom is 0.419 e. The van der Waals surface area contributed by atoms with Crippen molar-refractivity contribution < 1.29 is 22.3 Å². The van der Waals surface area contributed by atoms with Crippen LogP contribution in [0.15, 0.2) is 42.5 Å². The number of benzene rings is 2. The average Bonchev–Trinajstić information content (AvgIpc) is 2.44. The SMILES string of the molecule is Cl.NCCOc1ccc(-c2cccc(F)c2)cc1C(F)(F)F. The quantitative estimate of drug-likeness (QED) is 0.847. The van der Waals surface area contributed by atoms with Crippen molar-refractivity contribution in [3.05, 3.63) is 53.8 Å². The fourth-order valence-corrected chi connectivity index (χ4v) is 1.89. The molecule has 0 aliphatic rings. The molecule has 0 fully saturated rings. The maximum atomic E-state index is 13.2. The summed E-state index contributed by atoms with van der Waals surface area (Å²) in [7, 11) is 0. The highest BCUT2D eigenvalue weighted by Gasteiger charge is 2.34. The van der Waals surface area contributed by atoms with Gasteiger partial charge in [-0.3, -0.25) is 0 Å². The molecule has 0 spiro atoms. The lowest BCUT2D eigenvalue weighted by molar-refractivity contribution is -0.138. The van der Waals surface area contributed by atoms with Crippen LogP contribution in [0.1, 0.15) is 5.56 Å². The first kappa shape index (κ1) is 18.3. The highest BCUT2D eigenvalue weighted by molar-refractivity contribution is 5.85. The zero-order valence-electron chi connectivity index (χ0n) is 11.4. The van der Waals surface area contributed by atoms with Crippen LogP contribution in [-0.2, 0) is 6.18 Å². The van der Waals surface area contributed by atoms with E-state index in [1.54, 1.807) is 6.07 Å². The molecule has 2 N–H and O–H groups in total. The van der Waals surface area contributed by atoms with Crippen LogP contribution in [0.4, 0.5) is 17.6 Å². The summed E-state index contributed by atoms with van der Waals surface area (Å²) in [4.78, 5) is 0. The monoisotopic (exact) mass is 335 g/mol. The lowest BCUT2D eigenvalue weighted by Crippen LogP contribution is -2.14. The smallest absolute Gasteiger partial charge is 0.419 e. The van der Waals surface area contributed by atoms with E-state index in [1.807, 2.05) is 0 Å². The molecule has 2 rings (SSSR count). The van der Waals surface area contributed by atoms with Crippen LogP contribution in [0.3, 0.4) is 0 Å². The van der Waals surface area contributed by atoms with E-state index in [1.165, 1.54) is 30.3 Å². The number of hydrogen-bond donors (Lipinski definition) is 1. The summed E-state index contributed by atoms with van der Waals surface area (Å²) in [6.45, 7) is 0.103. The molecule has 0 bridgehead atoms. The van der Waals surface area contributed by atoms with Gasteiger partial charge in [0.25, 0.3) is 0 Å². The van der Waals surface area contributed by atoms with Gasteiger partial charge in [0, 0.05) is 6.54 Å². The molecule has 2 nitrogen and oxygen atoms in total. The van der Waals surface area contributed by atoms with Crippen molar-refractivity contribution in [1.29, 1.82) is 0 Å². The molecular formula is C15H14ClF4NO. The van der Waals surface area contributed by atoms with Gasteiger partial charge in [0.15, 0.2) is 0 Å². The molecule has 0 saturated carbocycles. The molecule has 7 heteroatoms. The van der Waals surface area contributed by atoms with Crippen molar-refractivity contribution >= 4 is 12.4 Å². The second kappa shape index (κ2) is 7.47. The Bertz CT molecular complexity index is 631. The number of rotatable bonds is 4.